The van der Waals surface area contributed by atoms with E-state index in [0.29, 0.717) is 12.0 Å². The zero-order chi connectivity index (χ0) is 20.4. The van der Waals surface area contributed by atoms with Crippen molar-refractivity contribution in [1.82, 2.24) is 30.4 Å². The molecule has 1 atom stereocenters. The lowest BCUT2D eigenvalue weighted by Gasteiger charge is -2.25. The molecule has 0 spiro atoms. The molecule has 4 rings (SSSR count). The summed E-state index contributed by atoms with van der Waals surface area (Å²) in [4.78, 5) is 12.4. The van der Waals surface area contributed by atoms with Crippen LogP contribution in [0.3, 0.4) is 0 Å². The van der Waals surface area contributed by atoms with Crippen LogP contribution in [0.1, 0.15) is 43.4 Å². The van der Waals surface area contributed by atoms with Gasteiger partial charge >= 0.3 is 0 Å². The predicted octanol–water partition coefficient (Wildman–Crippen LogP) is 3.88. The number of fused-ring (bicyclic) bond motifs is 2. The first-order valence-electron chi connectivity index (χ1n) is 10.2. The van der Waals surface area contributed by atoms with Gasteiger partial charge in [-0.1, -0.05) is 25.4 Å². The van der Waals surface area contributed by atoms with Crippen LogP contribution in [0.4, 0.5) is 0 Å². The normalized spacial score (nSPS) is 16.4. The Kier molecular flexibility index (Phi) is 7.62. The van der Waals surface area contributed by atoms with E-state index < -0.39 is 0 Å². The fourth-order valence-corrected chi connectivity index (χ4v) is 3.92. The summed E-state index contributed by atoms with van der Waals surface area (Å²) in [7, 11) is 1.81. The summed E-state index contributed by atoms with van der Waals surface area (Å²) < 4.78 is 2.04. The average Bonchev–Trinajstić information content (AvgIpc) is 3.31. The molecule has 1 aliphatic rings. The smallest absolute Gasteiger partial charge is 0.191 e. The van der Waals surface area contributed by atoms with Crippen molar-refractivity contribution in [2.24, 2.45) is 4.99 Å². The number of nitrogens with zero attached hydrogens (tertiary/aromatic N) is 4. The van der Waals surface area contributed by atoms with Gasteiger partial charge in [0.1, 0.15) is 5.82 Å². The van der Waals surface area contributed by atoms with E-state index in [1.807, 2.05) is 22.9 Å². The van der Waals surface area contributed by atoms with E-state index in [2.05, 4.69) is 50.7 Å². The van der Waals surface area contributed by atoms with Crippen molar-refractivity contribution in [1.29, 1.82) is 0 Å². The molecule has 0 aliphatic carbocycles. The molecular formula is C21H29ClIN7. The predicted molar refractivity (Wildman–Crippen MR) is 133 cm³/mol. The van der Waals surface area contributed by atoms with Crippen LogP contribution >= 0.6 is 35.6 Å². The Hall–Kier alpha value is -1.81. The number of rotatable bonds is 5. The van der Waals surface area contributed by atoms with Crippen LogP contribution in [-0.4, -0.2) is 45.3 Å². The minimum atomic E-state index is 0. The minimum Gasteiger partial charge on any atom is -0.361 e. The second-order valence-corrected chi connectivity index (χ2v) is 8.29. The number of aromatic amines is 1. The highest BCUT2D eigenvalue weighted by Gasteiger charge is 2.23. The Morgan fingerprint density at radius 1 is 1.40 bits per heavy atom. The number of benzene rings is 1. The molecule has 2 aromatic heterocycles. The molecule has 7 nitrogen and oxygen atoms in total. The molecule has 0 amide bonds. The number of H-pyrrole nitrogens is 1. The molecule has 0 saturated heterocycles. The summed E-state index contributed by atoms with van der Waals surface area (Å²) in [6.07, 6.45) is 4.90. The largest absolute Gasteiger partial charge is 0.361 e. The lowest BCUT2D eigenvalue weighted by Crippen LogP contribution is -2.47. The van der Waals surface area contributed by atoms with Gasteiger partial charge in [-0.05, 0) is 36.6 Å². The number of aryl methyl sites for hydroxylation is 1. The van der Waals surface area contributed by atoms with Crippen molar-refractivity contribution in [3.8, 4) is 0 Å². The fourth-order valence-electron chi connectivity index (χ4n) is 3.75. The van der Waals surface area contributed by atoms with E-state index in [9.17, 15) is 0 Å². The quantitative estimate of drug-likeness (QED) is 0.260. The van der Waals surface area contributed by atoms with Crippen LogP contribution in [-0.2, 0) is 19.4 Å². The maximum atomic E-state index is 6.15. The molecule has 162 valence electrons. The Morgan fingerprint density at radius 2 is 2.23 bits per heavy atom. The third-order valence-corrected chi connectivity index (χ3v) is 5.61. The van der Waals surface area contributed by atoms with Gasteiger partial charge in [0, 0.05) is 54.1 Å². The molecule has 9 heteroatoms. The van der Waals surface area contributed by atoms with Crippen LogP contribution < -0.4 is 10.6 Å². The maximum absolute atomic E-state index is 6.15. The maximum Gasteiger partial charge on any atom is 0.191 e. The third-order valence-electron chi connectivity index (χ3n) is 5.37. The molecule has 3 aromatic rings. The van der Waals surface area contributed by atoms with Crippen LogP contribution in [0.25, 0.3) is 10.9 Å². The van der Waals surface area contributed by atoms with Gasteiger partial charge in [-0.3, -0.25) is 4.99 Å². The zero-order valence-corrected chi connectivity index (χ0v) is 20.7. The Bertz CT molecular complexity index is 1020. The van der Waals surface area contributed by atoms with E-state index in [-0.39, 0.29) is 24.0 Å². The van der Waals surface area contributed by atoms with E-state index >= 15 is 0 Å². The van der Waals surface area contributed by atoms with Gasteiger partial charge < -0.3 is 15.6 Å². The number of nitrogens with one attached hydrogen (secondary N) is 3. The molecule has 30 heavy (non-hydrogen) atoms. The monoisotopic (exact) mass is 541 g/mol. The first kappa shape index (κ1) is 22.9. The van der Waals surface area contributed by atoms with E-state index in [4.69, 9.17) is 11.6 Å². The molecular weight excluding hydrogens is 513 g/mol. The number of guanidine groups is 1. The van der Waals surface area contributed by atoms with Crippen LogP contribution in [0, 0.1) is 0 Å². The standard InChI is InChI=1S/C21H28ClN7.HI/c1-13(2)20-27-19-7-5-16(12-29(19)28-20)26-21(23-3)24-9-8-14-11-25-18-6-4-15(22)10-17(14)18;/h4,6,10-11,13,16,25H,5,7-9,12H2,1-3H3,(H2,23,24,26);1H. The summed E-state index contributed by atoms with van der Waals surface area (Å²) in [5, 5.41) is 13.6. The van der Waals surface area contributed by atoms with Crippen LogP contribution in [0.15, 0.2) is 29.4 Å². The molecule has 0 bridgehead atoms. The number of halogens is 2. The first-order chi connectivity index (χ1) is 14.0. The van der Waals surface area contributed by atoms with Gasteiger partial charge in [0.15, 0.2) is 11.8 Å². The van der Waals surface area contributed by atoms with Gasteiger partial charge in [-0.15, -0.1) is 24.0 Å². The number of aliphatic imine (C=N–C) groups is 1. The summed E-state index contributed by atoms with van der Waals surface area (Å²) >= 11 is 6.15. The first-order valence-corrected chi connectivity index (χ1v) is 10.6. The molecule has 3 heterocycles. The Labute approximate surface area is 199 Å². The van der Waals surface area contributed by atoms with E-state index in [1.54, 1.807) is 7.05 Å². The van der Waals surface area contributed by atoms with Crippen molar-refractivity contribution in [3.63, 3.8) is 0 Å². The Morgan fingerprint density at radius 3 is 3.00 bits per heavy atom. The lowest BCUT2D eigenvalue weighted by molar-refractivity contribution is 0.391. The summed E-state index contributed by atoms with van der Waals surface area (Å²) in [6.45, 7) is 5.86. The zero-order valence-electron chi connectivity index (χ0n) is 17.6. The highest BCUT2D eigenvalue weighted by atomic mass is 127. The molecule has 1 aliphatic heterocycles. The third kappa shape index (κ3) is 5.08. The van der Waals surface area contributed by atoms with Crippen molar-refractivity contribution in [3.05, 3.63) is 46.6 Å². The van der Waals surface area contributed by atoms with Gasteiger partial charge in [-0.25, -0.2) is 9.67 Å². The average molecular weight is 542 g/mol. The molecule has 0 fully saturated rings. The molecule has 1 unspecified atom stereocenters. The number of aromatic nitrogens is 4. The highest BCUT2D eigenvalue weighted by Crippen LogP contribution is 2.22. The van der Waals surface area contributed by atoms with Crippen molar-refractivity contribution < 1.29 is 0 Å². The summed E-state index contributed by atoms with van der Waals surface area (Å²) in [5.41, 5.74) is 2.36. The second-order valence-electron chi connectivity index (χ2n) is 7.86. The minimum absolute atomic E-state index is 0. The van der Waals surface area contributed by atoms with Crippen molar-refractivity contribution in [2.45, 2.75) is 51.6 Å². The highest BCUT2D eigenvalue weighted by molar-refractivity contribution is 14.0. The molecule has 1 aromatic carbocycles. The van der Waals surface area contributed by atoms with Gasteiger partial charge in [0.2, 0.25) is 0 Å². The summed E-state index contributed by atoms with van der Waals surface area (Å²) in [6, 6.07) is 6.23. The van der Waals surface area contributed by atoms with E-state index in [1.165, 1.54) is 10.9 Å². The SMILES string of the molecule is CN=C(NCCc1c[nH]c2ccc(Cl)cc12)NC1CCc2nc(C(C)C)nn2C1.I. The van der Waals surface area contributed by atoms with Crippen molar-refractivity contribution >= 4 is 52.4 Å². The number of hydrogen-bond donors (Lipinski definition) is 3. The second kappa shape index (κ2) is 10.00. The van der Waals surface area contributed by atoms with Gasteiger partial charge in [-0.2, -0.15) is 5.10 Å². The van der Waals surface area contributed by atoms with Gasteiger partial charge in [0.05, 0.1) is 6.54 Å². The number of hydrogen-bond acceptors (Lipinski definition) is 3. The molecule has 3 N–H and O–H groups in total. The Balaban J connectivity index is 0.00000256. The molecule has 0 saturated carbocycles. The van der Waals surface area contributed by atoms with Crippen LogP contribution in [0.5, 0.6) is 0 Å². The van der Waals surface area contributed by atoms with E-state index in [0.717, 1.165) is 60.5 Å². The summed E-state index contributed by atoms with van der Waals surface area (Å²) in [5.74, 6) is 3.20. The fraction of sp³-hybridized carbons (Fsp3) is 0.476. The van der Waals surface area contributed by atoms with Crippen LogP contribution in [0.2, 0.25) is 5.02 Å². The molecule has 0 radical (unpaired) electrons. The topological polar surface area (TPSA) is 82.9 Å². The van der Waals surface area contributed by atoms with Crippen molar-refractivity contribution in [2.75, 3.05) is 13.6 Å². The lowest BCUT2D eigenvalue weighted by atomic mass is 10.1. The van der Waals surface area contributed by atoms with Gasteiger partial charge in [0.25, 0.3) is 0 Å².